The van der Waals surface area contributed by atoms with E-state index in [4.69, 9.17) is 11.6 Å². The fourth-order valence-electron chi connectivity index (χ4n) is 1.41. The summed E-state index contributed by atoms with van der Waals surface area (Å²) in [6, 6.07) is 4.46. The van der Waals surface area contributed by atoms with Gasteiger partial charge in [-0.15, -0.1) is 5.10 Å². The van der Waals surface area contributed by atoms with Crippen molar-refractivity contribution in [1.29, 1.82) is 0 Å². The quantitative estimate of drug-likeness (QED) is 0.810. The summed E-state index contributed by atoms with van der Waals surface area (Å²) in [5.74, 6) is -0.293. The lowest BCUT2D eigenvalue weighted by atomic mass is 10.2. The zero-order valence-electron chi connectivity index (χ0n) is 9.07. The van der Waals surface area contributed by atoms with E-state index in [1.165, 1.54) is 12.1 Å². The molecule has 1 aromatic carbocycles. The first kappa shape index (κ1) is 12.5. The maximum absolute atomic E-state index is 13.5. The van der Waals surface area contributed by atoms with Crippen LogP contribution in [0.2, 0.25) is 5.02 Å². The first-order valence-corrected chi connectivity index (χ1v) is 6.33. The summed E-state index contributed by atoms with van der Waals surface area (Å²) in [7, 11) is 0. The minimum Gasteiger partial charge on any atom is -0.248 e. The lowest BCUT2D eigenvalue weighted by Gasteiger charge is -2.03. The van der Waals surface area contributed by atoms with Gasteiger partial charge in [-0.05, 0) is 25.1 Å². The molecule has 0 aliphatic heterocycles. The Bertz CT molecular complexity index is 527. The Hall–Kier alpha value is -0.940. The van der Waals surface area contributed by atoms with E-state index in [2.05, 4.69) is 26.2 Å². The molecule has 0 saturated heterocycles. The van der Waals surface area contributed by atoms with Crippen LogP contribution in [0.5, 0.6) is 0 Å². The van der Waals surface area contributed by atoms with E-state index in [0.717, 1.165) is 5.69 Å². The summed E-state index contributed by atoms with van der Waals surface area (Å²) in [5, 5.41) is 8.41. The number of benzene rings is 1. The van der Waals surface area contributed by atoms with E-state index in [1.54, 1.807) is 16.9 Å². The average molecular weight is 319 g/mol. The van der Waals surface area contributed by atoms with Crippen molar-refractivity contribution in [2.45, 2.75) is 18.3 Å². The second kappa shape index (κ2) is 5.14. The van der Waals surface area contributed by atoms with Crippen molar-refractivity contribution in [2.75, 3.05) is 0 Å². The van der Waals surface area contributed by atoms with Crippen molar-refractivity contribution in [2.24, 2.45) is 0 Å². The van der Waals surface area contributed by atoms with Crippen LogP contribution >= 0.6 is 27.5 Å². The van der Waals surface area contributed by atoms with Crippen LogP contribution < -0.4 is 0 Å². The van der Waals surface area contributed by atoms with Crippen molar-refractivity contribution in [3.63, 3.8) is 0 Å². The molecule has 6 heteroatoms. The summed E-state index contributed by atoms with van der Waals surface area (Å²) >= 11 is 9.22. The molecule has 0 aliphatic rings. The fourth-order valence-corrected chi connectivity index (χ4v) is 1.82. The maximum atomic E-state index is 13.5. The fraction of sp³-hybridized carbons (Fsp3) is 0.273. The van der Waals surface area contributed by atoms with E-state index >= 15 is 0 Å². The molecule has 0 fully saturated rings. The number of rotatable bonds is 3. The number of halogens is 3. The van der Waals surface area contributed by atoms with Gasteiger partial charge in [-0.2, -0.15) is 0 Å². The van der Waals surface area contributed by atoms with Gasteiger partial charge in [0, 0.05) is 16.8 Å². The Balaban J connectivity index is 2.22. The molecule has 3 nitrogen and oxygen atoms in total. The van der Waals surface area contributed by atoms with Gasteiger partial charge in [-0.1, -0.05) is 32.7 Å². The third-order valence-electron chi connectivity index (χ3n) is 2.30. The Morgan fingerprint density at radius 2 is 2.29 bits per heavy atom. The molecule has 0 radical (unpaired) electrons. The number of hydrogen-bond donors (Lipinski definition) is 0. The highest BCUT2D eigenvalue weighted by atomic mass is 79.9. The molecule has 0 amide bonds. The van der Waals surface area contributed by atoms with Crippen molar-refractivity contribution < 1.29 is 4.39 Å². The van der Waals surface area contributed by atoms with Crippen LogP contribution in [0.1, 0.15) is 23.0 Å². The van der Waals surface area contributed by atoms with E-state index in [1.807, 2.05) is 6.92 Å². The highest BCUT2D eigenvalue weighted by Gasteiger charge is 2.08. The van der Waals surface area contributed by atoms with E-state index in [9.17, 15) is 4.39 Å². The molecular weight excluding hydrogens is 308 g/mol. The van der Waals surface area contributed by atoms with E-state index in [0.29, 0.717) is 17.1 Å². The lowest BCUT2D eigenvalue weighted by molar-refractivity contribution is 0.577. The minimum absolute atomic E-state index is 0.125. The summed E-state index contributed by atoms with van der Waals surface area (Å²) in [4.78, 5) is 0.125. The highest BCUT2D eigenvalue weighted by molar-refractivity contribution is 9.09. The first-order valence-electron chi connectivity index (χ1n) is 5.04. The zero-order chi connectivity index (χ0) is 12.4. The molecular formula is C11H10BrClFN3. The molecule has 1 heterocycles. The van der Waals surface area contributed by atoms with Crippen LogP contribution in [0.3, 0.4) is 0 Å². The second-order valence-corrected chi connectivity index (χ2v) is 5.50. The molecule has 1 atom stereocenters. The van der Waals surface area contributed by atoms with Gasteiger partial charge in [-0.3, -0.25) is 0 Å². The summed E-state index contributed by atoms with van der Waals surface area (Å²) < 4.78 is 15.1. The Morgan fingerprint density at radius 3 is 2.94 bits per heavy atom. The average Bonchev–Trinajstić information content (AvgIpc) is 2.72. The molecule has 2 rings (SSSR count). The molecule has 0 N–H and O–H groups in total. The molecule has 0 spiro atoms. The standard InChI is InChI=1S/C11H10BrClFN3/c1-7(12)11-6-17(16-15-11)5-8-4-9(13)2-3-10(8)14/h2-4,6-7H,5H2,1H3. The molecule has 1 unspecified atom stereocenters. The third-order valence-corrected chi connectivity index (χ3v) is 3.01. The van der Waals surface area contributed by atoms with E-state index < -0.39 is 0 Å². The zero-order valence-corrected chi connectivity index (χ0v) is 11.4. The van der Waals surface area contributed by atoms with Crippen molar-refractivity contribution >= 4 is 27.5 Å². The molecule has 2 aromatic rings. The van der Waals surface area contributed by atoms with Crippen molar-refractivity contribution in [3.8, 4) is 0 Å². The highest BCUT2D eigenvalue weighted by Crippen LogP contribution is 2.19. The largest absolute Gasteiger partial charge is 0.248 e. The smallest absolute Gasteiger partial charge is 0.128 e. The molecule has 17 heavy (non-hydrogen) atoms. The SMILES string of the molecule is CC(Br)c1cn(Cc2cc(Cl)ccc2F)nn1. The Labute approximate surface area is 112 Å². The molecule has 1 aromatic heterocycles. The first-order chi connectivity index (χ1) is 8.06. The molecule has 0 bridgehead atoms. The van der Waals surface area contributed by atoms with Gasteiger partial charge in [0.1, 0.15) is 5.82 Å². The second-order valence-electron chi connectivity index (χ2n) is 3.69. The monoisotopic (exact) mass is 317 g/mol. The van der Waals surface area contributed by atoms with Crippen molar-refractivity contribution in [1.82, 2.24) is 15.0 Å². The normalized spacial score (nSPS) is 12.7. The topological polar surface area (TPSA) is 30.7 Å². The van der Waals surface area contributed by atoms with Crippen LogP contribution in [-0.2, 0) is 6.54 Å². The van der Waals surface area contributed by atoms with Crippen LogP contribution in [0.15, 0.2) is 24.4 Å². The van der Waals surface area contributed by atoms with Gasteiger partial charge in [0.05, 0.1) is 17.1 Å². The summed E-state index contributed by atoms with van der Waals surface area (Å²) in [5.41, 5.74) is 1.31. The predicted molar refractivity (Wildman–Crippen MR) is 67.9 cm³/mol. The van der Waals surface area contributed by atoms with Gasteiger partial charge in [0.15, 0.2) is 0 Å². The van der Waals surface area contributed by atoms with Crippen LogP contribution in [0.25, 0.3) is 0 Å². The lowest BCUT2D eigenvalue weighted by Crippen LogP contribution is -2.02. The van der Waals surface area contributed by atoms with Crippen molar-refractivity contribution in [3.05, 3.63) is 46.5 Å². The van der Waals surface area contributed by atoms with Gasteiger partial charge in [0.2, 0.25) is 0 Å². The van der Waals surface area contributed by atoms with Crippen LogP contribution in [0, 0.1) is 5.82 Å². The van der Waals surface area contributed by atoms with Crippen LogP contribution in [-0.4, -0.2) is 15.0 Å². The summed E-state index contributed by atoms with van der Waals surface area (Å²) in [6.07, 6.45) is 1.78. The summed E-state index contributed by atoms with van der Waals surface area (Å²) in [6.45, 7) is 2.27. The predicted octanol–water partition coefficient (Wildman–Crippen LogP) is 3.57. The number of alkyl halides is 1. The Kier molecular flexibility index (Phi) is 3.79. The molecule has 0 saturated carbocycles. The van der Waals surface area contributed by atoms with E-state index in [-0.39, 0.29) is 10.6 Å². The number of hydrogen-bond acceptors (Lipinski definition) is 2. The molecule has 0 aliphatic carbocycles. The van der Waals surface area contributed by atoms with Crippen LogP contribution in [0.4, 0.5) is 4.39 Å². The third kappa shape index (κ3) is 3.04. The number of nitrogens with zero attached hydrogens (tertiary/aromatic N) is 3. The van der Waals surface area contributed by atoms with Gasteiger partial charge in [0.25, 0.3) is 0 Å². The maximum Gasteiger partial charge on any atom is 0.128 e. The minimum atomic E-state index is -0.293. The van der Waals surface area contributed by atoms with Gasteiger partial charge >= 0.3 is 0 Å². The number of aromatic nitrogens is 3. The van der Waals surface area contributed by atoms with Gasteiger partial charge < -0.3 is 0 Å². The molecule has 90 valence electrons. The van der Waals surface area contributed by atoms with Gasteiger partial charge in [-0.25, -0.2) is 9.07 Å². The Morgan fingerprint density at radius 1 is 1.53 bits per heavy atom.